The highest BCUT2D eigenvalue weighted by Crippen LogP contribution is 2.19. The summed E-state index contributed by atoms with van der Waals surface area (Å²) in [7, 11) is 3.83. The Kier molecular flexibility index (Phi) is 4.08. The van der Waals surface area contributed by atoms with Gasteiger partial charge in [-0.1, -0.05) is 11.6 Å². The van der Waals surface area contributed by atoms with E-state index in [1.54, 1.807) is 31.2 Å². The third-order valence-electron chi connectivity index (χ3n) is 3.30. The van der Waals surface area contributed by atoms with Crippen LogP contribution in [0.1, 0.15) is 31.8 Å². The van der Waals surface area contributed by atoms with Crippen LogP contribution in [0.4, 0.5) is 5.69 Å². The summed E-state index contributed by atoms with van der Waals surface area (Å²) in [5, 5.41) is 9.24. The zero-order valence-corrected chi connectivity index (χ0v) is 12.3. The number of hydrogen-bond donors (Lipinski definition) is 1. The van der Waals surface area contributed by atoms with Crippen molar-refractivity contribution in [1.29, 1.82) is 0 Å². The summed E-state index contributed by atoms with van der Waals surface area (Å²) < 4.78 is 0. The quantitative estimate of drug-likeness (QED) is 0.876. The Balaban J connectivity index is 2.42. The fourth-order valence-corrected chi connectivity index (χ4v) is 2.10. The van der Waals surface area contributed by atoms with Gasteiger partial charge in [0.15, 0.2) is 5.78 Å². The van der Waals surface area contributed by atoms with Crippen LogP contribution in [0.15, 0.2) is 42.5 Å². The van der Waals surface area contributed by atoms with Crippen molar-refractivity contribution >= 4 is 17.4 Å². The molecule has 0 spiro atoms. The first-order valence-electron chi connectivity index (χ1n) is 6.56. The Morgan fingerprint density at radius 1 is 0.952 bits per heavy atom. The van der Waals surface area contributed by atoms with Gasteiger partial charge < -0.3 is 10.0 Å². The van der Waals surface area contributed by atoms with Gasteiger partial charge in [-0.15, -0.1) is 0 Å². The second-order valence-electron chi connectivity index (χ2n) is 5.12. The molecular formula is C17H17NO3. The van der Waals surface area contributed by atoms with Gasteiger partial charge in [0.1, 0.15) is 0 Å². The molecular weight excluding hydrogens is 266 g/mol. The van der Waals surface area contributed by atoms with Crippen LogP contribution in [-0.2, 0) is 0 Å². The zero-order chi connectivity index (χ0) is 15.6. The predicted molar refractivity (Wildman–Crippen MR) is 82.3 cm³/mol. The van der Waals surface area contributed by atoms with Crippen molar-refractivity contribution in [3.05, 3.63) is 64.7 Å². The van der Waals surface area contributed by atoms with Gasteiger partial charge in [0.2, 0.25) is 0 Å². The van der Waals surface area contributed by atoms with E-state index in [0.717, 1.165) is 11.3 Å². The number of rotatable bonds is 4. The maximum atomic E-state index is 12.5. The molecule has 0 saturated heterocycles. The van der Waals surface area contributed by atoms with Crippen molar-refractivity contribution in [1.82, 2.24) is 0 Å². The van der Waals surface area contributed by atoms with Crippen LogP contribution in [-0.4, -0.2) is 31.0 Å². The molecule has 0 aromatic heterocycles. The third kappa shape index (κ3) is 3.11. The van der Waals surface area contributed by atoms with E-state index >= 15 is 0 Å². The molecule has 0 aliphatic rings. The number of carboxylic acid groups (broad SMARTS) is 1. The number of aryl methyl sites for hydroxylation is 1. The summed E-state index contributed by atoms with van der Waals surface area (Å²) in [5.41, 5.74) is 2.52. The zero-order valence-electron chi connectivity index (χ0n) is 12.3. The van der Waals surface area contributed by atoms with Crippen molar-refractivity contribution in [2.45, 2.75) is 6.92 Å². The van der Waals surface area contributed by atoms with Gasteiger partial charge >= 0.3 is 5.97 Å². The van der Waals surface area contributed by atoms with Crippen molar-refractivity contribution in [2.24, 2.45) is 0 Å². The Morgan fingerprint density at radius 3 is 2.10 bits per heavy atom. The highest BCUT2D eigenvalue weighted by molar-refractivity contribution is 6.14. The molecule has 0 atom stereocenters. The van der Waals surface area contributed by atoms with E-state index in [4.69, 9.17) is 0 Å². The molecule has 2 aromatic rings. The highest BCUT2D eigenvalue weighted by Gasteiger charge is 2.18. The first-order chi connectivity index (χ1) is 9.90. The Labute approximate surface area is 123 Å². The number of carbonyl (C=O) groups is 2. The molecule has 0 aliphatic carbocycles. The third-order valence-corrected chi connectivity index (χ3v) is 3.30. The minimum absolute atomic E-state index is 0.0386. The number of benzene rings is 2. The molecule has 0 radical (unpaired) electrons. The fourth-order valence-electron chi connectivity index (χ4n) is 2.10. The topological polar surface area (TPSA) is 57.6 Å². The lowest BCUT2D eigenvalue weighted by Gasteiger charge is -2.12. The minimum atomic E-state index is -1.09. The van der Waals surface area contributed by atoms with Crippen LogP contribution in [0.3, 0.4) is 0 Å². The molecule has 21 heavy (non-hydrogen) atoms. The van der Waals surface area contributed by atoms with Crippen LogP contribution < -0.4 is 4.90 Å². The number of hydrogen-bond acceptors (Lipinski definition) is 3. The molecule has 0 bridgehead atoms. The molecule has 108 valence electrons. The number of anilines is 1. The van der Waals surface area contributed by atoms with Gasteiger partial charge in [0, 0.05) is 30.9 Å². The largest absolute Gasteiger partial charge is 0.478 e. The summed E-state index contributed by atoms with van der Waals surface area (Å²) in [6.45, 7) is 1.80. The van der Waals surface area contributed by atoms with Gasteiger partial charge in [-0.25, -0.2) is 4.79 Å². The van der Waals surface area contributed by atoms with Gasteiger partial charge in [-0.2, -0.15) is 0 Å². The van der Waals surface area contributed by atoms with Crippen LogP contribution in [0.2, 0.25) is 0 Å². The predicted octanol–water partition coefficient (Wildman–Crippen LogP) is 2.99. The van der Waals surface area contributed by atoms with Crippen molar-refractivity contribution in [3.63, 3.8) is 0 Å². The summed E-state index contributed by atoms with van der Waals surface area (Å²) in [5.74, 6) is -1.37. The Bertz CT molecular complexity index is 688. The molecule has 0 saturated carbocycles. The van der Waals surface area contributed by atoms with Crippen molar-refractivity contribution < 1.29 is 14.7 Å². The van der Waals surface area contributed by atoms with Gasteiger partial charge in [0.25, 0.3) is 0 Å². The lowest BCUT2D eigenvalue weighted by atomic mass is 9.96. The molecule has 4 nitrogen and oxygen atoms in total. The average molecular weight is 283 g/mol. The molecule has 4 heteroatoms. The van der Waals surface area contributed by atoms with Crippen molar-refractivity contribution in [2.75, 3.05) is 19.0 Å². The summed E-state index contributed by atoms with van der Waals surface area (Å²) in [4.78, 5) is 25.7. The molecule has 0 aliphatic heterocycles. The fraction of sp³-hybridized carbons (Fsp3) is 0.176. The summed E-state index contributed by atoms with van der Waals surface area (Å²) in [6, 6.07) is 11.9. The lowest BCUT2D eigenvalue weighted by molar-refractivity contribution is 0.0692. The van der Waals surface area contributed by atoms with E-state index in [-0.39, 0.29) is 16.9 Å². The van der Waals surface area contributed by atoms with Crippen LogP contribution in [0, 0.1) is 6.92 Å². The molecule has 2 aromatic carbocycles. The van der Waals surface area contributed by atoms with Crippen LogP contribution in [0.5, 0.6) is 0 Å². The van der Waals surface area contributed by atoms with E-state index in [1.807, 2.05) is 31.1 Å². The smallest absolute Gasteiger partial charge is 0.336 e. The molecule has 0 fully saturated rings. The highest BCUT2D eigenvalue weighted by atomic mass is 16.4. The monoisotopic (exact) mass is 283 g/mol. The van der Waals surface area contributed by atoms with Crippen LogP contribution in [0.25, 0.3) is 0 Å². The van der Waals surface area contributed by atoms with E-state index < -0.39 is 5.97 Å². The number of carbonyl (C=O) groups excluding carboxylic acids is 1. The standard InChI is InChI=1S/C17H17NO3/c1-11-4-9-14(15(10-11)17(20)21)16(19)12-5-7-13(8-6-12)18(2)3/h4-10H,1-3H3,(H,20,21). The number of nitrogens with zero attached hydrogens (tertiary/aromatic N) is 1. The maximum absolute atomic E-state index is 12.5. The lowest BCUT2D eigenvalue weighted by Crippen LogP contribution is -2.11. The first kappa shape index (κ1) is 14.8. The van der Waals surface area contributed by atoms with E-state index in [2.05, 4.69) is 0 Å². The van der Waals surface area contributed by atoms with E-state index in [9.17, 15) is 14.7 Å². The average Bonchev–Trinajstić information content (AvgIpc) is 2.46. The maximum Gasteiger partial charge on any atom is 0.336 e. The molecule has 1 N–H and O–H groups in total. The molecule has 0 unspecified atom stereocenters. The van der Waals surface area contributed by atoms with E-state index in [1.165, 1.54) is 6.07 Å². The number of carboxylic acids is 1. The van der Waals surface area contributed by atoms with Crippen LogP contribution >= 0.6 is 0 Å². The molecule has 2 rings (SSSR count). The first-order valence-corrected chi connectivity index (χ1v) is 6.56. The Morgan fingerprint density at radius 2 is 1.57 bits per heavy atom. The van der Waals surface area contributed by atoms with Gasteiger partial charge in [-0.3, -0.25) is 4.79 Å². The molecule has 0 amide bonds. The van der Waals surface area contributed by atoms with E-state index in [0.29, 0.717) is 5.56 Å². The SMILES string of the molecule is Cc1ccc(C(=O)c2ccc(N(C)C)cc2)c(C(=O)O)c1. The normalized spacial score (nSPS) is 10.2. The summed E-state index contributed by atoms with van der Waals surface area (Å²) >= 11 is 0. The second-order valence-corrected chi connectivity index (χ2v) is 5.12. The second kappa shape index (κ2) is 5.79. The summed E-state index contributed by atoms with van der Waals surface area (Å²) in [6.07, 6.45) is 0. The number of aromatic carboxylic acids is 1. The van der Waals surface area contributed by atoms with Gasteiger partial charge in [-0.05, 0) is 43.3 Å². The minimum Gasteiger partial charge on any atom is -0.478 e. The molecule has 0 heterocycles. The van der Waals surface area contributed by atoms with Gasteiger partial charge in [0.05, 0.1) is 5.56 Å². The van der Waals surface area contributed by atoms with Crippen molar-refractivity contribution in [3.8, 4) is 0 Å². The number of ketones is 1. The Hall–Kier alpha value is -2.62.